The molecule has 0 amide bonds. The van der Waals surface area contributed by atoms with E-state index >= 15 is 0 Å². The van der Waals surface area contributed by atoms with E-state index in [1.807, 2.05) is 0 Å². The highest BCUT2D eigenvalue weighted by Crippen LogP contribution is 2.37. The molecule has 0 atom stereocenters. The van der Waals surface area contributed by atoms with E-state index in [2.05, 4.69) is 44.8 Å². The maximum absolute atomic E-state index is 11.4. The predicted octanol–water partition coefficient (Wildman–Crippen LogP) is 2.41. The van der Waals surface area contributed by atoms with Crippen molar-refractivity contribution in [2.75, 3.05) is 34.2 Å². The minimum atomic E-state index is -0.147. The van der Waals surface area contributed by atoms with Gasteiger partial charge in [-0.2, -0.15) is 0 Å². The van der Waals surface area contributed by atoms with Crippen LogP contribution in [0.5, 0.6) is 0 Å². The average Bonchev–Trinajstić information content (AvgIpc) is 2.30. The molecule has 0 N–H and O–H groups in total. The highest BCUT2D eigenvalue weighted by molar-refractivity contribution is 5.59. The lowest BCUT2D eigenvalue weighted by Gasteiger charge is -2.50. The molecular weight excluding hydrogens is 224 g/mol. The maximum atomic E-state index is 11.4. The van der Waals surface area contributed by atoms with Gasteiger partial charge in [0, 0.05) is 24.0 Å². The SMILES string of the molecule is CCC(C=O)(CC)CN(C)CC1(N(C)C)CCC1. The van der Waals surface area contributed by atoms with E-state index < -0.39 is 0 Å². The summed E-state index contributed by atoms with van der Waals surface area (Å²) in [7, 11) is 6.52. The molecule has 3 heteroatoms. The van der Waals surface area contributed by atoms with Gasteiger partial charge in [0.05, 0.1) is 0 Å². The molecule has 0 saturated heterocycles. The predicted molar refractivity (Wildman–Crippen MR) is 76.8 cm³/mol. The van der Waals surface area contributed by atoms with Crippen LogP contribution in [0, 0.1) is 5.41 Å². The molecule has 0 aliphatic heterocycles. The summed E-state index contributed by atoms with van der Waals surface area (Å²) in [5, 5.41) is 0. The zero-order chi connectivity index (χ0) is 13.8. The van der Waals surface area contributed by atoms with Crippen molar-refractivity contribution in [2.24, 2.45) is 5.41 Å². The van der Waals surface area contributed by atoms with Crippen molar-refractivity contribution in [3.63, 3.8) is 0 Å². The largest absolute Gasteiger partial charge is 0.304 e. The van der Waals surface area contributed by atoms with Crippen LogP contribution in [-0.2, 0) is 4.79 Å². The van der Waals surface area contributed by atoms with Crippen LogP contribution < -0.4 is 0 Å². The smallest absolute Gasteiger partial charge is 0.127 e. The standard InChI is InChI=1S/C15H30N2O/c1-6-14(7-2,13-18)11-17(5)12-15(16(3)4)9-8-10-15/h13H,6-12H2,1-5H3. The number of rotatable bonds is 8. The molecule has 0 unspecified atom stereocenters. The lowest BCUT2D eigenvalue weighted by atomic mass is 9.74. The van der Waals surface area contributed by atoms with Crippen molar-refractivity contribution in [1.82, 2.24) is 9.80 Å². The van der Waals surface area contributed by atoms with Crippen LogP contribution in [0.1, 0.15) is 46.0 Å². The molecule has 1 aliphatic rings. The van der Waals surface area contributed by atoms with Gasteiger partial charge in [-0.3, -0.25) is 0 Å². The molecule has 1 saturated carbocycles. The third kappa shape index (κ3) is 3.12. The van der Waals surface area contributed by atoms with Crippen molar-refractivity contribution in [1.29, 1.82) is 0 Å². The van der Waals surface area contributed by atoms with Gasteiger partial charge in [0.2, 0.25) is 0 Å². The van der Waals surface area contributed by atoms with Gasteiger partial charge < -0.3 is 14.6 Å². The van der Waals surface area contributed by atoms with Gasteiger partial charge in [0.15, 0.2) is 0 Å². The lowest BCUT2D eigenvalue weighted by Crippen LogP contribution is -2.57. The van der Waals surface area contributed by atoms with Gasteiger partial charge in [0.1, 0.15) is 6.29 Å². The average molecular weight is 254 g/mol. The normalized spacial score (nSPS) is 19.1. The molecule has 106 valence electrons. The summed E-state index contributed by atoms with van der Waals surface area (Å²) >= 11 is 0. The Morgan fingerprint density at radius 2 is 1.72 bits per heavy atom. The van der Waals surface area contributed by atoms with E-state index in [0.717, 1.165) is 25.9 Å². The Kier molecular flexibility index (Phi) is 5.35. The molecule has 0 radical (unpaired) electrons. The van der Waals surface area contributed by atoms with Crippen molar-refractivity contribution in [2.45, 2.75) is 51.5 Å². The quantitative estimate of drug-likeness (QED) is 0.622. The van der Waals surface area contributed by atoms with Crippen molar-refractivity contribution >= 4 is 6.29 Å². The summed E-state index contributed by atoms with van der Waals surface area (Å²) in [6, 6.07) is 0. The van der Waals surface area contributed by atoms with Crippen molar-refractivity contribution in [3.8, 4) is 0 Å². The fraction of sp³-hybridized carbons (Fsp3) is 0.933. The van der Waals surface area contributed by atoms with Crippen LogP contribution in [0.3, 0.4) is 0 Å². The highest BCUT2D eigenvalue weighted by atomic mass is 16.1. The van der Waals surface area contributed by atoms with Crippen LogP contribution in [0.15, 0.2) is 0 Å². The molecule has 18 heavy (non-hydrogen) atoms. The second-order valence-electron chi connectivity index (χ2n) is 6.33. The zero-order valence-corrected chi connectivity index (χ0v) is 12.8. The van der Waals surface area contributed by atoms with E-state index in [0.29, 0.717) is 5.54 Å². The maximum Gasteiger partial charge on any atom is 0.127 e. The first-order valence-corrected chi connectivity index (χ1v) is 7.26. The summed E-state index contributed by atoms with van der Waals surface area (Å²) in [4.78, 5) is 16.1. The molecule has 0 spiro atoms. The molecule has 1 rings (SSSR count). The minimum Gasteiger partial charge on any atom is -0.304 e. The Morgan fingerprint density at radius 1 is 1.17 bits per heavy atom. The molecule has 1 aliphatic carbocycles. The number of likely N-dealkylation sites (N-methyl/N-ethyl adjacent to an activating group) is 2. The van der Waals surface area contributed by atoms with E-state index in [1.54, 1.807) is 0 Å². The van der Waals surface area contributed by atoms with Gasteiger partial charge in [-0.05, 0) is 53.2 Å². The van der Waals surface area contributed by atoms with Crippen LogP contribution >= 0.6 is 0 Å². The Balaban J connectivity index is 2.60. The van der Waals surface area contributed by atoms with Crippen molar-refractivity contribution < 1.29 is 4.79 Å². The molecule has 3 nitrogen and oxygen atoms in total. The molecule has 0 aromatic rings. The van der Waals surface area contributed by atoms with Gasteiger partial charge in [-0.1, -0.05) is 13.8 Å². The number of carbonyl (C=O) groups excluding carboxylic acids is 1. The molecular formula is C15H30N2O. The second kappa shape index (κ2) is 6.16. The topological polar surface area (TPSA) is 23.6 Å². The van der Waals surface area contributed by atoms with Crippen LogP contribution in [0.2, 0.25) is 0 Å². The van der Waals surface area contributed by atoms with Gasteiger partial charge in [-0.25, -0.2) is 0 Å². The first-order valence-electron chi connectivity index (χ1n) is 7.26. The number of carbonyl (C=O) groups is 1. The van der Waals surface area contributed by atoms with Gasteiger partial charge in [0.25, 0.3) is 0 Å². The van der Waals surface area contributed by atoms with E-state index in [4.69, 9.17) is 0 Å². The summed E-state index contributed by atoms with van der Waals surface area (Å²) in [5.41, 5.74) is 0.205. The summed E-state index contributed by atoms with van der Waals surface area (Å²) in [5.74, 6) is 0. The first-order chi connectivity index (χ1) is 8.43. The summed E-state index contributed by atoms with van der Waals surface area (Å²) in [6.07, 6.45) is 6.96. The third-order valence-corrected chi connectivity index (χ3v) is 5.04. The molecule has 0 bridgehead atoms. The number of hydrogen-bond donors (Lipinski definition) is 0. The second-order valence-corrected chi connectivity index (χ2v) is 6.33. The summed E-state index contributed by atoms with van der Waals surface area (Å²) in [6.45, 7) is 6.21. The highest BCUT2D eigenvalue weighted by Gasteiger charge is 2.40. The van der Waals surface area contributed by atoms with E-state index in [-0.39, 0.29) is 5.41 Å². The minimum absolute atomic E-state index is 0.147. The first kappa shape index (κ1) is 15.6. The Hall–Kier alpha value is -0.410. The Bertz CT molecular complexity index is 268. The van der Waals surface area contributed by atoms with Gasteiger partial charge >= 0.3 is 0 Å². The van der Waals surface area contributed by atoms with Gasteiger partial charge in [-0.15, -0.1) is 0 Å². The fourth-order valence-electron chi connectivity index (χ4n) is 3.11. The molecule has 1 fully saturated rings. The van der Waals surface area contributed by atoms with Crippen LogP contribution in [0.25, 0.3) is 0 Å². The number of nitrogens with zero attached hydrogens (tertiary/aromatic N) is 2. The zero-order valence-electron chi connectivity index (χ0n) is 12.8. The van der Waals surface area contributed by atoms with E-state index in [9.17, 15) is 4.79 Å². The van der Waals surface area contributed by atoms with Crippen LogP contribution in [0.4, 0.5) is 0 Å². The number of aldehydes is 1. The van der Waals surface area contributed by atoms with Crippen molar-refractivity contribution in [3.05, 3.63) is 0 Å². The monoisotopic (exact) mass is 254 g/mol. The fourth-order valence-corrected chi connectivity index (χ4v) is 3.11. The van der Waals surface area contributed by atoms with E-state index in [1.165, 1.54) is 25.5 Å². The Labute approximate surface area is 113 Å². The Morgan fingerprint density at radius 3 is 2.00 bits per heavy atom. The molecule has 0 aromatic carbocycles. The third-order valence-electron chi connectivity index (χ3n) is 5.04. The lowest BCUT2D eigenvalue weighted by molar-refractivity contribution is -0.118. The number of hydrogen-bond acceptors (Lipinski definition) is 3. The molecule has 0 heterocycles. The van der Waals surface area contributed by atoms with Crippen LogP contribution in [-0.4, -0.2) is 55.9 Å². The molecule has 0 aromatic heterocycles. The summed E-state index contributed by atoms with van der Waals surface area (Å²) < 4.78 is 0.